The predicted molar refractivity (Wildman–Crippen MR) is 112 cm³/mol. The first kappa shape index (κ1) is 22.3. The fourth-order valence-corrected chi connectivity index (χ4v) is 4.30. The molecule has 1 saturated carbocycles. The van der Waals surface area contributed by atoms with Crippen molar-refractivity contribution in [2.24, 2.45) is 0 Å². The number of carbonyl (C=O) groups is 1. The van der Waals surface area contributed by atoms with Gasteiger partial charge in [0.15, 0.2) is 0 Å². The molecule has 2 aromatic rings. The van der Waals surface area contributed by atoms with Crippen molar-refractivity contribution in [2.45, 2.75) is 38.3 Å². The molecule has 0 aliphatic heterocycles. The van der Waals surface area contributed by atoms with Gasteiger partial charge in [0, 0.05) is 16.6 Å². The maximum Gasteiger partial charge on any atom is 0.513 e. The van der Waals surface area contributed by atoms with Crippen LogP contribution in [0.1, 0.15) is 26.2 Å². The molecule has 2 atom stereocenters. The molecule has 1 aliphatic rings. The molecule has 0 bridgehead atoms. The van der Waals surface area contributed by atoms with E-state index in [1.165, 1.54) is 31.2 Å². The van der Waals surface area contributed by atoms with Gasteiger partial charge in [-0.25, -0.2) is 4.57 Å². The lowest BCUT2D eigenvalue weighted by Gasteiger charge is -2.28. The Morgan fingerprint density at radius 1 is 1.13 bits per heavy atom. The normalized spacial score (nSPS) is 16.6. The number of nitrogens with zero attached hydrogens (tertiary/aromatic N) is 1. The SMILES string of the molecule is C[C@H](NP(=O)(Oc1ccc(Br)cc1)Oc1ccc([N+](=O)[O-])cc1)C(=O)OC1CCC1. The molecule has 3 rings (SSSR count). The first-order valence-electron chi connectivity index (χ1n) is 9.22. The summed E-state index contributed by atoms with van der Waals surface area (Å²) >= 11 is 3.30. The summed E-state index contributed by atoms with van der Waals surface area (Å²) in [7, 11) is -4.10. The Morgan fingerprint density at radius 3 is 2.13 bits per heavy atom. The van der Waals surface area contributed by atoms with E-state index in [4.69, 9.17) is 13.8 Å². The fourth-order valence-electron chi connectivity index (χ4n) is 2.52. The van der Waals surface area contributed by atoms with Gasteiger partial charge in [0.2, 0.25) is 0 Å². The minimum absolute atomic E-state index is 0.0769. The highest BCUT2D eigenvalue weighted by Gasteiger charge is 2.35. The second-order valence-corrected chi connectivity index (χ2v) is 9.26. The molecular weight excluding hydrogens is 479 g/mol. The van der Waals surface area contributed by atoms with Gasteiger partial charge < -0.3 is 13.8 Å². The molecule has 1 fully saturated rings. The third-order valence-corrected chi connectivity index (χ3v) is 6.49. The van der Waals surface area contributed by atoms with E-state index in [-0.39, 0.29) is 23.3 Å². The Hall–Kier alpha value is -2.42. The molecule has 1 N–H and O–H groups in total. The van der Waals surface area contributed by atoms with Gasteiger partial charge >= 0.3 is 13.7 Å². The average Bonchev–Trinajstić information content (AvgIpc) is 2.66. The number of hydrogen-bond donors (Lipinski definition) is 1. The Bertz CT molecular complexity index is 948. The highest BCUT2D eigenvalue weighted by Crippen LogP contribution is 2.45. The number of rotatable bonds is 9. The van der Waals surface area contributed by atoms with Gasteiger partial charge in [-0.1, -0.05) is 15.9 Å². The largest absolute Gasteiger partial charge is 0.513 e. The Kier molecular flexibility index (Phi) is 7.12. The topological polar surface area (TPSA) is 117 Å². The van der Waals surface area contributed by atoms with Gasteiger partial charge in [-0.05, 0) is 62.6 Å². The molecule has 1 unspecified atom stereocenters. The van der Waals surface area contributed by atoms with Crippen molar-refractivity contribution >= 4 is 35.3 Å². The van der Waals surface area contributed by atoms with Gasteiger partial charge in [-0.15, -0.1) is 0 Å². The summed E-state index contributed by atoms with van der Waals surface area (Å²) in [4.78, 5) is 22.6. The number of halogens is 1. The minimum Gasteiger partial charge on any atom is -0.461 e. The summed E-state index contributed by atoms with van der Waals surface area (Å²) in [6.45, 7) is 1.50. The molecule has 0 aromatic heterocycles. The van der Waals surface area contributed by atoms with Crippen LogP contribution in [-0.2, 0) is 14.1 Å². The number of ether oxygens (including phenoxy) is 1. The predicted octanol–water partition coefficient (Wildman–Crippen LogP) is 5.00. The van der Waals surface area contributed by atoms with E-state index in [9.17, 15) is 19.5 Å². The van der Waals surface area contributed by atoms with E-state index >= 15 is 0 Å². The van der Waals surface area contributed by atoms with Crippen molar-refractivity contribution in [1.82, 2.24) is 5.09 Å². The van der Waals surface area contributed by atoms with E-state index in [0.717, 1.165) is 23.7 Å². The van der Waals surface area contributed by atoms with Crippen LogP contribution in [0.15, 0.2) is 53.0 Å². The Morgan fingerprint density at radius 2 is 1.67 bits per heavy atom. The number of hydrogen-bond acceptors (Lipinski definition) is 7. The Balaban J connectivity index is 1.77. The molecule has 0 saturated heterocycles. The van der Waals surface area contributed by atoms with E-state index in [1.807, 2.05) is 0 Å². The van der Waals surface area contributed by atoms with Crippen LogP contribution in [0.25, 0.3) is 0 Å². The van der Waals surface area contributed by atoms with Crippen molar-refractivity contribution in [3.8, 4) is 11.5 Å². The van der Waals surface area contributed by atoms with E-state index in [1.54, 1.807) is 24.3 Å². The van der Waals surface area contributed by atoms with Crippen LogP contribution in [0.4, 0.5) is 5.69 Å². The standard InChI is InChI=1S/C19H20BrN2O7P/c1-13(19(23)27-16-3-2-4-16)21-30(26,28-17-9-5-14(20)6-10-17)29-18-11-7-15(8-12-18)22(24)25/h5-13,16H,2-4H2,1H3,(H,21,26)/t13-,30?/m0/s1. The van der Waals surface area contributed by atoms with Crippen LogP contribution < -0.4 is 14.1 Å². The maximum absolute atomic E-state index is 13.4. The van der Waals surface area contributed by atoms with E-state index in [0.29, 0.717) is 0 Å². The van der Waals surface area contributed by atoms with Crippen LogP contribution in [0.3, 0.4) is 0 Å². The number of non-ortho nitro benzene ring substituents is 1. The summed E-state index contributed by atoms with van der Waals surface area (Å²) in [6.07, 6.45) is 2.51. The first-order valence-corrected chi connectivity index (χ1v) is 11.6. The molecule has 160 valence electrons. The van der Waals surface area contributed by atoms with Crippen LogP contribution >= 0.6 is 23.7 Å². The number of nitro benzene ring substituents is 1. The lowest BCUT2D eigenvalue weighted by molar-refractivity contribution is -0.384. The van der Waals surface area contributed by atoms with E-state index < -0.39 is 24.7 Å². The second kappa shape index (κ2) is 9.59. The smallest absolute Gasteiger partial charge is 0.461 e. The lowest BCUT2D eigenvalue weighted by atomic mass is 9.96. The van der Waals surface area contributed by atoms with Crippen molar-refractivity contribution in [3.63, 3.8) is 0 Å². The van der Waals surface area contributed by atoms with Crippen molar-refractivity contribution in [1.29, 1.82) is 0 Å². The number of esters is 1. The summed E-state index contributed by atoms with van der Waals surface area (Å²) in [6, 6.07) is 10.6. The zero-order chi connectivity index (χ0) is 21.7. The Labute approximate surface area is 181 Å². The summed E-state index contributed by atoms with van der Waals surface area (Å²) in [5.41, 5.74) is -0.142. The van der Waals surface area contributed by atoms with Crippen LogP contribution in [0.2, 0.25) is 0 Å². The summed E-state index contributed by atoms with van der Waals surface area (Å²) in [5.74, 6) is -0.241. The molecule has 30 heavy (non-hydrogen) atoms. The zero-order valence-electron chi connectivity index (χ0n) is 16.0. The van der Waals surface area contributed by atoms with Gasteiger partial charge in [0.05, 0.1) is 4.92 Å². The fraction of sp³-hybridized carbons (Fsp3) is 0.316. The van der Waals surface area contributed by atoms with Crippen molar-refractivity contribution < 1.29 is 28.1 Å². The molecular formula is C19H20BrN2O7P. The first-order chi connectivity index (χ1) is 14.2. The molecule has 0 amide bonds. The molecule has 0 spiro atoms. The van der Waals surface area contributed by atoms with Crippen molar-refractivity contribution in [3.05, 3.63) is 63.1 Å². The third-order valence-electron chi connectivity index (χ3n) is 4.35. The number of carbonyl (C=O) groups excluding carboxylic acids is 1. The quantitative estimate of drug-likeness (QED) is 0.222. The zero-order valence-corrected chi connectivity index (χ0v) is 18.5. The molecule has 9 nitrogen and oxygen atoms in total. The van der Waals surface area contributed by atoms with Crippen LogP contribution in [-0.4, -0.2) is 23.0 Å². The lowest BCUT2D eigenvalue weighted by Crippen LogP contribution is -2.39. The van der Waals surface area contributed by atoms with Crippen LogP contribution in [0, 0.1) is 10.1 Å². The third kappa shape index (κ3) is 6.04. The summed E-state index contributed by atoms with van der Waals surface area (Å²) in [5, 5.41) is 13.4. The number of nitro groups is 1. The molecule has 2 aromatic carbocycles. The van der Waals surface area contributed by atoms with Gasteiger partial charge in [-0.3, -0.25) is 14.9 Å². The molecule has 0 heterocycles. The highest BCUT2D eigenvalue weighted by molar-refractivity contribution is 9.10. The molecule has 0 radical (unpaired) electrons. The molecule has 11 heteroatoms. The van der Waals surface area contributed by atoms with Gasteiger partial charge in [0.1, 0.15) is 23.6 Å². The second-order valence-electron chi connectivity index (χ2n) is 6.73. The maximum atomic E-state index is 13.4. The number of nitrogens with one attached hydrogen (secondary N) is 1. The van der Waals surface area contributed by atoms with Gasteiger partial charge in [0.25, 0.3) is 5.69 Å². The molecule has 1 aliphatic carbocycles. The van der Waals surface area contributed by atoms with Crippen LogP contribution in [0.5, 0.6) is 11.5 Å². The van der Waals surface area contributed by atoms with Gasteiger partial charge in [-0.2, -0.15) is 5.09 Å². The summed E-state index contributed by atoms with van der Waals surface area (Å²) < 4.78 is 30.6. The average molecular weight is 499 g/mol. The van der Waals surface area contributed by atoms with E-state index in [2.05, 4.69) is 21.0 Å². The monoisotopic (exact) mass is 498 g/mol. The van der Waals surface area contributed by atoms with Crippen molar-refractivity contribution in [2.75, 3.05) is 0 Å². The minimum atomic E-state index is -4.10. The highest BCUT2D eigenvalue weighted by atomic mass is 79.9. The number of benzene rings is 2.